The van der Waals surface area contributed by atoms with E-state index in [0.29, 0.717) is 0 Å². The predicted molar refractivity (Wildman–Crippen MR) is 67.7 cm³/mol. The third kappa shape index (κ3) is 2.12. The van der Waals surface area contributed by atoms with Gasteiger partial charge in [-0.05, 0) is 44.0 Å². The lowest BCUT2D eigenvalue weighted by atomic mass is 10.0. The molecule has 2 nitrogen and oxygen atoms in total. The summed E-state index contributed by atoms with van der Waals surface area (Å²) in [5, 5.41) is 4.68. The summed E-state index contributed by atoms with van der Waals surface area (Å²) in [4.78, 5) is 0. The minimum atomic E-state index is 0.894. The van der Waals surface area contributed by atoms with E-state index in [4.69, 9.17) is 4.42 Å². The second-order valence-electron chi connectivity index (χ2n) is 4.39. The Morgan fingerprint density at radius 1 is 1.25 bits per heavy atom. The monoisotopic (exact) mass is 217 g/mol. The zero-order chi connectivity index (χ0) is 11.5. The number of aryl methyl sites for hydroxylation is 2. The van der Waals surface area contributed by atoms with Crippen molar-refractivity contribution in [3.8, 4) is 0 Å². The quantitative estimate of drug-likeness (QED) is 0.792. The molecule has 86 valence electrons. The van der Waals surface area contributed by atoms with Crippen LogP contribution in [0.5, 0.6) is 0 Å². The van der Waals surface area contributed by atoms with Crippen LogP contribution in [0.15, 0.2) is 22.8 Å². The SMILES string of the molecule is CCCNCc1coc2cc(C)cc(C)c12. The minimum Gasteiger partial charge on any atom is -0.464 e. The number of nitrogens with one attached hydrogen (secondary N) is 1. The van der Waals surface area contributed by atoms with Gasteiger partial charge in [0.25, 0.3) is 0 Å². The van der Waals surface area contributed by atoms with Crippen molar-refractivity contribution >= 4 is 11.0 Å². The van der Waals surface area contributed by atoms with E-state index in [1.807, 2.05) is 6.26 Å². The fraction of sp³-hybridized carbons (Fsp3) is 0.429. The zero-order valence-electron chi connectivity index (χ0n) is 10.3. The fourth-order valence-corrected chi connectivity index (χ4v) is 2.16. The molecule has 2 aromatic rings. The third-order valence-electron chi connectivity index (χ3n) is 2.84. The van der Waals surface area contributed by atoms with Crippen LogP contribution in [0.1, 0.15) is 30.0 Å². The molecule has 0 aliphatic heterocycles. The Balaban J connectivity index is 2.33. The fourth-order valence-electron chi connectivity index (χ4n) is 2.16. The predicted octanol–water partition coefficient (Wildman–Crippen LogP) is 3.55. The lowest BCUT2D eigenvalue weighted by molar-refractivity contribution is 0.601. The van der Waals surface area contributed by atoms with Gasteiger partial charge in [0.05, 0.1) is 6.26 Å². The molecule has 0 unspecified atom stereocenters. The van der Waals surface area contributed by atoms with Gasteiger partial charge in [0.1, 0.15) is 5.58 Å². The van der Waals surface area contributed by atoms with Crippen molar-refractivity contribution in [3.63, 3.8) is 0 Å². The van der Waals surface area contributed by atoms with Crippen LogP contribution in [0.4, 0.5) is 0 Å². The van der Waals surface area contributed by atoms with Crippen molar-refractivity contribution in [2.45, 2.75) is 33.7 Å². The Morgan fingerprint density at radius 3 is 2.81 bits per heavy atom. The van der Waals surface area contributed by atoms with E-state index >= 15 is 0 Å². The highest BCUT2D eigenvalue weighted by molar-refractivity contribution is 5.85. The standard InChI is InChI=1S/C14H19NO/c1-4-5-15-8-12-9-16-13-7-10(2)6-11(3)14(12)13/h6-7,9,15H,4-5,8H2,1-3H3. The summed E-state index contributed by atoms with van der Waals surface area (Å²) in [7, 11) is 0. The summed E-state index contributed by atoms with van der Waals surface area (Å²) in [6.45, 7) is 8.37. The van der Waals surface area contributed by atoms with Crippen LogP contribution in [0.25, 0.3) is 11.0 Å². The van der Waals surface area contributed by atoms with Crippen molar-refractivity contribution in [1.29, 1.82) is 0 Å². The molecular formula is C14H19NO. The van der Waals surface area contributed by atoms with Gasteiger partial charge in [-0.25, -0.2) is 0 Å². The molecule has 0 aliphatic carbocycles. The van der Waals surface area contributed by atoms with Crippen LogP contribution in [-0.2, 0) is 6.54 Å². The average Bonchev–Trinajstić information content (AvgIpc) is 2.62. The number of hydrogen-bond acceptors (Lipinski definition) is 2. The molecule has 0 saturated heterocycles. The number of furan rings is 1. The summed E-state index contributed by atoms with van der Waals surface area (Å²) in [5.41, 5.74) is 4.83. The van der Waals surface area contributed by atoms with E-state index in [-0.39, 0.29) is 0 Å². The molecule has 0 bridgehead atoms. The highest BCUT2D eigenvalue weighted by Gasteiger charge is 2.08. The lowest BCUT2D eigenvalue weighted by Gasteiger charge is -2.03. The van der Waals surface area contributed by atoms with Crippen molar-refractivity contribution in [1.82, 2.24) is 5.32 Å². The summed E-state index contributed by atoms with van der Waals surface area (Å²) < 4.78 is 5.60. The van der Waals surface area contributed by atoms with Gasteiger partial charge in [0.15, 0.2) is 0 Å². The van der Waals surface area contributed by atoms with Crippen molar-refractivity contribution < 1.29 is 4.42 Å². The Morgan fingerprint density at radius 2 is 2.06 bits per heavy atom. The van der Waals surface area contributed by atoms with Crippen LogP contribution in [-0.4, -0.2) is 6.54 Å². The Kier molecular flexibility index (Phi) is 3.30. The molecule has 1 heterocycles. The maximum Gasteiger partial charge on any atom is 0.134 e. The third-order valence-corrected chi connectivity index (χ3v) is 2.84. The highest BCUT2D eigenvalue weighted by Crippen LogP contribution is 2.26. The molecule has 0 amide bonds. The highest BCUT2D eigenvalue weighted by atomic mass is 16.3. The van der Waals surface area contributed by atoms with Gasteiger partial charge >= 0.3 is 0 Å². The molecule has 0 radical (unpaired) electrons. The van der Waals surface area contributed by atoms with E-state index in [1.54, 1.807) is 0 Å². The normalized spacial score (nSPS) is 11.2. The summed E-state index contributed by atoms with van der Waals surface area (Å²) in [6, 6.07) is 4.31. The van der Waals surface area contributed by atoms with Crippen molar-refractivity contribution in [2.24, 2.45) is 0 Å². The van der Waals surface area contributed by atoms with Crippen LogP contribution >= 0.6 is 0 Å². The first-order chi connectivity index (χ1) is 7.72. The summed E-state index contributed by atoms with van der Waals surface area (Å²) in [6.07, 6.45) is 3.04. The number of fused-ring (bicyclic) bond motifs is 1. The summed E-state index contributed by atoms with van der Waals surface area (Å²) >= 11 is 0. The molecule has 0 aliphatic rings. The first-order valence-electron chi connectivity index (χ1n) is 5.90. The molecule has 1 aromatic carbocycles. The Bertz CT molecular complexity index is 485. The van der Waals surface area contributed by atoms with Gasteiger partial charge in [0, 0.05) is 17.5 Å². The van der Waals surface area contributed by atoms with E-state index in [0.717, 1.165) is 25.1 Å². The molecule has 0 atom stereocenters. The zero-order valence-corrected chi connectivity index (χ0v) is 10.3. The largest absolute Gasteiger partial charge is 0.464 e. The maximum atomic E-state index is 5.60. The Labute approximate surface area is 96.6 Å². The second-order valence-corrected chi connectivity index (χ2v) is 4.39. The van der Waals surface area contributed by atoms with E-state index < -0.39 is 0 Å². The lowest BCUT2D eigenvalue weighted by Crippen LogP contribution is -2.13. The molecule has 1 N–H and O–H groups in total. The van der Waals surface area contributed by atoms with E-state index in [9.17, 15) is 0 Å². The van der Waals surface area contributed by atoms with Crippen LogP contribution in [0.2, 0.25) is 0 Å². The molecule has 0 saturated carbocycles. The van der Waals surface area contributed by atoms with Crippen molar-refractivity contribution in [3.05, 3.63) is 35.1 Å². The average molecular weight is 217 g/mol. The molecule has 0 fully saturated rings. The van der Waals surface area contributed by atoms with Gasteiger partial charge < -0.3 is 9.73 Å². The molecular weight excluding hydrogens is 198 g/mol. The van der Waals surface area contributed by atoms with Crippen LogP contribution < -0.4 is 5.32 Å². The number of hydrogen-bond donors (Lipinski definition) is 1. The van der Waals surface area contributed by atoms with Gasteiger partial charge in [-0.2, -0.15) is 0 Å². The van der Waals surface area contributed by atoms with Gasteiger partial charge in [-0.1, -0.05) is 13.0 Å². The van der Waals surface area contributed by atoms with Crippen molar-refractivity contribution in [2.75, 3.05) is 6.54 Å². The second kappa shape index (κ2) is 4.71. The number of benzene rings is 1. The maximum absolute atomic E-state index is 5.60. The molecule has 1 aromatic heterocycles. The van der Waals surface area contributed by atoms with Crippen LogP contribution in [0, 0.1) is 13.8 Å². The first-order valence-corrected chi connectivity index (χ1v) is 5.90. The van der Waals surface area contributed by atoms with Gasteiger partial charge in [0.2, 0.25) is 0 Å². The molecule has 0 spiro atoms. The van der Waals surface area contributed by atoms with Crippen LogP contribution in [0.3, 0.4) is 0 Å². The van der Waals surface area contributed by atoms with Gasteiger partial charge in [-0.3, -0.25) is 0 Å². The van der Waals surface area contributed by atoms with Gasteiger partial charge in [-0.15, -0.1) is 0 Å². The minimum absolute atomic E-state index is 0.894. The Hall–Kier alpha value is -1.28. The van der Waals surface area contributed by atoms with E-state index in [2.05, 4.69) is 38.2 Å². The first kappa shape index (κ1) is 11.2. The smallest absolute Gasteiger partial charge is 0.134 e. The number of rotatable bonds is 4. The summed E-state index contributed by atoms with van der Waals surface area (Å²) in [5.74, 6) is 0. The topological polar surface area (TPSA) is 25.2 Å². The molecule has 2 rings (SSSR count). The van der Waals surface area contributed by atoms with E-state index in [1.165, 1.54) is 22.1 Å². The molecule has 16 heavy (non-hydrogen) atoms. The molecule has 2 heteroatoms.